The van der Waals surface area contributed by atoms with Crippen LogP contribution in [0.5, 0.6) is 0 Å². The number of hydrogen-bond acceptors (Lipinski definition) is 3. The molecule has 2 atom stereocenters. The molecule has 2 unspecified atom stereocenters. The lowest BCUT2D eigenvalue weighted by molar-refractivity contribution is -0.137. The van der Waals surface area contributed by atoms with E-state index in [1.165, 1.54) is 6.07 Å². The molecule has 0 saturated carbocycles. The van der Waals surface area contributed by atoms with Crippen LogP contribution in [0.3, 0.4) is 0 Å². The van der Waals surface area contributed by atoms with Gasteiger partial charge in [-0.15, -0.1) is 0 Å². The van der Waals surface area contributed by atoms with Crippen molar-refractivity contribution < 1.29 is 22.7 Å². The van der Waals surface area contributed by atoms with Crippen LogP contribution >= 0.6 is 11.6 Å². The Morgan fingerprint density at radius 2 is 2.12 bits per heavy atom. The molecule has 1 aromatic carbocycles. The van der Waals surface area contributed by atoms with Gasteiger partial charge < -0.3 is 15.4 Å². The monoisotopic (exact) mass is 378 g/mol. The Kier molecular flexibility index (Phi) is 6.57. The predicted octanol–water partition coefficient (Wildman–Crippen LogP) is 4.09. The first-order chi connectivity index (χ1) is 11.7. The third-order valence-electron chi connectivity index (χ3n) is 4.08. The van der Waals surface area contributed by atoms with Gasteiger partial charge in [-0.25, -0.2) is 0 Å². The SMILES string of the molecule is CC(C)C(Nc1ccc(C(F)(F)F)cc1Cl)C(=O)NCC1CCCO1. The average molecular weight is 379 g/mol. The summed E-state index contributed by atoms with van der Waals surface area (Å²) in [5.74, 6) is -0.315. The van der Waals surface area contributed by atoms with Gasteiger partial charge in [0.15, 0.2) is 0 Å². The smallest absolute Gasteiger partial charge is 0.376 e. The Hall–Kier alpha value is -1.47. The summed E-state index contributed by atoms with van der Waals surface area (Å²) in [6.07, 6.45) is -2.55. The van der Waals surface area contributed by atoms with Crippen molar-refractivity contribution in [3.05, 3.63) is 28.8 Å². The van der Waals surface area contributed by atoms with Crippen LogP contribution in [0.15, 0.2) is 18.2 Å². The lowest BCUT2D eigenvalue weighted by Crippen LogP contribution is -2.45. The molecule has 1 amide bonds. The first kappa shape index (κ1) is 19.8. The Labute approximate surface area is 150 Å². The fourth-order valence-electron chi connectivity index (χ4n) is 2.64. The van der Waals surface area contributed by atoms with Crippen LogP contribution in [0.25, 0.3) is 0 Å². The van der Waals surface area contributed by atoms with E-state index in [9.17, 15) is 18.0 Å². The quantitative estimate of drug-likeness (QED) is 0.783. The van der Waals surface area contributed by atoms with E-state index >= 15 is 0 Å². The zero-order chi connectivity index (χ0) is 18.6. The molecule has 1 heterocycles. The summed E-state index contributed by atoms with van der Waals surface area (Å²) in [5, 5.41) is 5.70. The standard InChI is InChI=1S/C17H22ClF3N2O2/c1-10(2)15(16(24)22-9-12-4-3-7-25-12)23-14-6-5-11(8-13(14)18)17(19,20)21/h5-6,8,10,12,15,23H,3-4,7,9H2,1-2H3,(H,22,24). The van der Waals surface area contributed by atoms with Crippen LogP contribution < -0.4 is 10.6 Å². The molecular weight excluding hydrogens is 357 g/mol. The Morgan fingerprint density at radius 1 is 1.40 bits per heavy atom. The summed E-state index contributed by atoms with van der Waals surface area (Å²) in [6.45, 7) is 4.82. The second-order valence-corrected chi connectivity index (χ2v) is 6.85. The second-order valence-electron chi connectivity index (χ2n) is 6.44. The van der Waals surface area contributed by atoms with Crippen molar-refractivity contribution in [2.75, 3.05) is 18.5 Å². The molecular formula is C17H22ClF3N2O2. The predicted molar refractivity (Wildman–Crippen MR) is 90.7 cm³/mol. The summed E-state index contributed by atoms with van der Waals surface area (Å²) in [5.41, 5.74) is -0.535. The van der Waals surface area contributed by atoms with Gasteiger partial charge in [-0.3, -0.25) is 4.79 Å². The van der Waals surface area contributed by atoms with Crippen LogP contribution in [0.4, 0.5) is 18.9 Å². The molecule has 1 saturated heterocycles. The first-order valence-electron chi connectivity index (χ1n) is 8.21. The number of alkyl halides is 3. The highest BCUT2D eigenvalue weighted by Crippen LogP contribution is 2.34. The van der Waals surface area contributed by atoms with E-state index in [0.717, 1.165) is 25.0 Å². The van der Waals surface area contributed by atoms with E-state index in [2.05, 4.69) is 10.6 Å². The number of anilines is 1. The summed E-state index contributed by atoms with van der Waals surface area (Å²) < 4.78 is 43.6. The third-order valence-corrected chi connectivity index (χ3v) is 4.40. The minimum absolute atomic E-state index is 0.0198. The number of ether oxygens (including phenoxy) is 1. The number of carbonyl (C=O) groups excluding carboxylic acids is 1. The maximum atomic E-state index is 12.7. The van der Waals surface area contributed by atoms with Crippen molar-refractivity contribution in [2.24, 2.45) is 5.92 Å². The molecule has 1 aliphatic rings. The molecule has 0 aromatic heterocycles. The van der Waals surface area contributed by atoms with E-state index < -0.39 is 17.8 Å². The van der Waals surface area contributed by atoms with Crippen molar-refractivity contribution in [1.29, 1.82) is 0 Å². The zero-order valence-electron chi connectivity index (χ0n) is 14.1. The first-order valence-corrected chi connectivity index (χ1v) is 8.59. The fourth-order valence-corrected chi connectivity index (χ4v) is 2.88. The molecule has 0 bridgehead atoms. The minimum atomic E-state index is -4.46. The maximum absolute atomic E-state index is 12.7. The molecule has 2 rings (SSSR count). The average Bonchev–Trinajstić information content (AvgIpc) is 3.03. The molecule has 1 fully saturated rings. The van der Waals surface area contributed by atoms with Gasteiger partial charge in [0.05, 0.1) is 22.4 Å². The number of nitrogens with one attached hydrogen (secondary N) is 2. The van der Waals surface area contributed by atoms with Crippen LogP contribution in [-0.2, 0) is 15.7 Å². The highest BCUT2D eigenvalue weighted by atomic mass is 35.5. The Morgan fingerprint density at radius 3 is 2.64 bits per heavy atom. The number of hydrogen-bond donors (Lipinski definition) is 2. The summed E-state index contributed by atoms with van der Waals surface area (Å²) in [6, 6.07) is 2.42. The molecule has 25 heavy (non-hydrogen) atoms. The lowest BCUT2D eigenvalue weighted by atomic mass is 10.0. The topological polar surface area (TPSA) is 50.4 Å². The molecule has 8 heteroatoms. The number of amides is 1. The van der Waals surface area contributed by atoms with E-state index in [-0.39, 0.29) is 23.0 Å². The van der Waals surface area contributed by atoms with Gasteiger partial charge in [-0.05, 0) is 37.0 Å². The molecule has 1 aliphatic heterocycles. The zero-order valence-corrected chi connectivity index (χ0v) is 14.9. The third kappa shape index (κ3) is 5.51. The van der Waals surface area contributed by atoms with Gasteiger partial charge >= 0.3 is 6.18 Å². The second kappa shape index (κ2) is 8.27. The maximum Gasteiger partial charge on any atom is 0.416 e. The minimum Gasteiger partial charge on any atom is -0.376 e. The van der Waals surface area contributed by atoms with Crippen molar-refractivity contribution >= 4 is 23.2 Å². The van der Waals surface area contributed by atoms with Gasteiger partial charge in [-0.2, -0.15) is 13.2 Å². The van der Waals surface area contributed by atoms with Crippen LogP contribution in [0.1, 0.15) is 32.3 Å². The Balaban J connectivity index is 2.04. The number of benzene rings is 1. The highest BCUT2D eigenvalue weighted by Gasteiger charge is 2.31. The highest BCUT2D eigenvalue weighted by molar-refractivity contribution is 6.33. The fraction of sp³-hybridized carbons (Fsp3) is 0.588. The summed E-state index contributed by atoms with van der Waals surface area (Å²) in [7, 11) is 0. The van der Waals surface area contributed by atoms with Crippen molar-refractivity contribution in [3.63, 3.8) is 0 Å². The molecule has 1 aromatic rings. The summed E-state index contributed by atoms with van der Waals surface area (Å²) in [4.78, 5) is 12.4. The van der Waals surface area contributed by atoms with E-state index in [1.54, 1.807) is 0 Å². The van der Waals surface area contributed by atoms with Crippen LogP contribution in [0.2, 0.25) is 5.02 Å². The van der Waals surface area contributed by atoms with Gasteiger partial charge in [0.2, 0.25) is 5.91 Å². The summed E-state index contributed by atoms with van der Waals surface area (Å²) >= 11 is 5.96. The van der Waals surface area contributed by atoms with Crippen LogP contribution in [-0.4, -0.2) is 31.2 Å². The van der Waals surface area contributed by atoms with E-state index in [1.807, 2.05) is 13.8 Å². The van der Waals surface area contributed by atoms with Crippen molar-refractivity contribution in [3.8, 4) is 0 Å². The molecule has 0 spiro atoms. The van der Waals surface area contributed by atoms with Gasteiger partial charge in [0.1, 0.15) is 6.04 Å². The molecule has 0 aliphatic carbocycles. The van der Waals surface area contributed by atoms with Gasteiger partial charge in [0.25, 0.3) is 0 Å². The number of carbonyl (C=O) groups is 1. The van der Waals surface area contributed by atoms with Gasteiger partial charge in [0, 0.05) is 13.2 Å². The van der Waals surface area contributed by atoms with E-state index in [4.69, 9.17) is 16.3 Å². The Bertz CT molecular complexity index is 602. The largest absolute Gasteiger partial charge is 0.416 e. The van der Waals surface area contributed by atoms with Crippen molar-refractivity contribution in [2.45, 2.75) is 45.0 Å². The number of halogens is 4. The molecule has 4 nitrogen and oxygen atoms in total. The van der Waals surface area contributed by atoms with Crippen molar-refractivity contribution in [1.82, 2.24) is 5.32 Å². The number of rotatable bonds is 6. The normalized spacial score (nSPS) is 19.1. The lowest BCUT2D eigenvalue weighted by Gasteiger charge is -2.24. The van der Waals surface area contributed by atoms with E-state index in [0.29, 0.717) is 18.8 Å². The van der Waals surface area contributed by atoms with Crippen LogP contribution in [0, 0.1) is 5.92 Å². The van der Waals surface area contributed by atoms with Gasteiger partial charge in [-0.1, -0.05) is 25.4 Å². The molecule has 2 N–H and O–H groups in total. The molecule has 140 valence electrons. The molecule has 0 radical (unpaired) electrons.